The summed E-state index contributed by atoms with van der Waals surface area (Å²) in [4.78, 5) is 8.61. The predicted octanol–water partition coefficient (Wildman–Crippen LogP) is 2.43. The van der Waals surface area contributed by atoms with Crippen LogP contribution in [0.4, 0.5) is 0 Å². The van der Waals surface area contributed by atoms with Gasteiger partial charge in [0.25, 0.3) is 0 Å². The molecule has 2 nitrogen and oxygen atoms in total. The molecule has 60 valence electrons. The monoisotopic (exact) mass is 180 g/mol. The van der Waals surface area contributed by atoms with Crippen molar-refractivity contribution in [2.45, 2.75) is 37.4 Å². The molecule has 1 aliphatic carbocycles. The van der Waals surface area contributed by atoms with E-state index >= 15 is 0 Å². The lowest BCUT2D eigenvalue weighted by Crippen LogP contribution is -2.06. The van der Waals surface area contributed by atoms with Gasteiger partial charge < -0.3 is 4.89 Å². The van der Waals surface area contributed by atoms with Gasteiger partial charge in [0.1, 0.15) is 0 Å². The fourth-order valence-corrected chi connectivity index (χ4v) is 3.74. The maximum atomic E-state index is 10.4. The van der Waals surface area contributed by atoms with Crippen molar-refractivity contribution < 1.29 is 9.46 Å². The Bertz CT molecular complexity index is 123. The lowest BCUT2D eigenvalue weighted by molar-refractivity contribution is 0.508. The molecule has 10 heavy (non-hydrogen) atoms. The first-order chi connectivity index (χ1) is 4.79. The van der Waals surface area contributed by atoms with Crippen LogP contribution in [0.1, 0.15) is 32.1 Å². The standard InChI is InChI=1S/C6H13O2PS/c7-9(8)10-6-4-2-1-3-5-6/h6,9H,1-5H2,(H,7,8). The van der Waals surface area contributed by atoms with Crippen molar-refractivity contribution in [3.63, 3.8) is 0 Å². The minimum atomic E-state index is -2.27. The molecule has 0 aromatic heterocycles. The normalized spacial score (nSPS) is 24.5. The second-order valence-corrected chi connectivity index (χ2v) is 5.83. The average molecular weight is 180 g/mol. The Balaban J connectivity index is 2.19. The van der Waals surface area contributed by atoms with Crippen LogP contribution in [0.2, 0.25) is 0 Å². The van der Waals surface area contributed by atoms with E-state index in [-0.39, 0.29) is 0 Å². The first-order valence-corrected chi connectivity index (χ1v) is 6.64. The van der Waals surface area contributed by atoms with Gasteiger partial charge in [0.05, 0.1) is 0 Å². The second-order valence-electron chi connectivity index (χ2n) is 2.64. The van der Waals surface area contributed by atoms with E-state index in [1.54, 1.807) is 0 Å². The molecular weight excluding hydrogens is 167 g/mol. The Morgan fingerprint density at radius 2 is 1.90 bits per heavy atom. The maximum Gasteiger partial charge on any atom is 0.244 e. The lowest BCUT2D eigenvalue weighted by Gasteiger charge is -2.18. The smallest absolute Gasteiger partial charge is 0.244 e. The van der Waals surface area contributed by atoms with Gasteiger partial charge in [-0.05, 0) is 12.8 Å². The lowest BCUT2D eigenvalue weighted by atomic mass is 10.0. The minimum absolute atomic E-state index is 0.477. The van der Waals surface area contributed by atoms with E-state index in [0.29, 0.717) is 5.25 Å². The summed E-state index contributed by atoms with van der Waals surface area (Å²) < 4.78 is 10.4. The van der Waals surface area contributed by atoms with E-state index in [1.165, 1.54) is 30.6 Å². The molecule has 1 rings (SSSR count). The molecule has 0 aromatic rings. The van der Waals surface area contributed by atoms with E-state index in [4.69, 9.17) is 4.89 Å². The van der Waals surface area contributed by atoms with Crippen molar-refractivity contribution in [3.05, 3.63) is 0 Å². The Labute approximate surface area is 66.0 Å². The van der Waals surface area contributed by atoms with E-state index in [2.05, 4.69) is 0 Å². The van der Waals surface area contributed by atoms with Crippen LogP contribution in [0.5, 0.6) is 0 Å². The molecule has 1 atom stereocenters. The molecule has 0 radical (unpaired) electrons. The van der Waals surface area contributed by atoms with E-state index in [1.807, 2.05) is 0 Å². The van der Waals surface area contributed by atoms with E-state index in [0.717, 1.165) is 12.8 Å². The van der Waals surface area contributed by atoms with Crippen LogP contribution < -0.4 is 0 Å². The Morgan fingerprint density at radius 1 is 1.30 bits per heavy atom. The number of hydrogen-bond acceptors (Lipinski definition) is 2. The van der Waals surface area contributed by atoms with Crippen LogP contribution in [0, 0.1) is 0 Å². The van der Waals surface area contributed by atoms with Crippen molar-refractivity contribution in [1.82, 2.24) is 0 Å². The molecule has 1 saturated carbocycles. The van der Waals surface area contributed by atoms with Crippen LogP contribution in [-0.4, -0.2) is 10.1 Å². The van der Waals surface area contributed by atoms with Crippen molar-refractivity contribution in [3.8, 4) is 0 Å². The van der Waals surface area contributed by atoms with Crippen molar-refractivity contribution in [2.75, 3.05) is 0 Å². The molecule has 0 spiro atoms. The molecule has 0 heterocycles. The summed E-state index contributed by atoms with van der Waals surface area (Å²) in [6.07, 6.45) is 6.08. The molecule has 1 aliphatic rings. The average Bonchev–Trinajstić information content (AvgIpc) is 1.88. The van der Waals surface area contributed by atoms with Crippen LogP contribution in [0.3, 0.4) is 0 Å². The molecule has 0 aromatic carbocycles. The number of rotatable bonds is 2. The van der Waals surface area contributed by atoms with Crippen LogP contribution in [0.25, 0.3) is 0 Å². The highest BCUT2D eigenvalue weighted by atomic mass is 32.7. The van der Waals surface area contributed by atoms with Crippen LogP contribution in [-0.2, 0) is 4.57 Å². The summed E-state index contributed by atoms with van der Waals surface area (Å²) >= 11 is 1.28. The van der Waals surface area contributed by atoms with Gasteiger partial charge in [-0.25, -0.2) is 0 Å². The predicted molar refractivity (Wildman–Crippen MR) is 45.7 cm³/mol. The minimum Gasteiger partial charge on any atom is -0.339 e. The molecular formula is C6H13O2PS. The Hall–Kier alpha value is 0.540. The largest absolute Gasteiger partial charge is 0.339 e. The van der Waals surface area contributed by atoms with Crippen molar-refractivity contribution in [1.29, 1.82) is 0 Å². The van der Waals surface area contributed by atoms with Gasteiger partial charge in [0, 0.05) is 5.25 Å². The highest BCUT2D eigenvalue weighted by Gasteiger charge is 2.15. The fourth-order valence-electron chi connectivity index (χ4n) is 1.33. The topological polar surface area (TPSA) is 37.3 Å². The van der Waals surface area contributed by atoms with Gasteiger partial charge in [-0.15, -0.1) is 0 Å². The first kappa shape index (κ1) is 8.63. The zero-order valence-electron chi connectivity index (χ0n) is 5.88. The summed E-state index contributed by atoms with van der Waals surface area (Å²) in [7, 11) is -2.27. The van der Waals surface area contributed by atoms with Crippen molar-refractivity contribution in [2.24, 2.45) is 0 Å². The van der Waals surface area contributed by atoms with Crippen LogP contribution >= 0.6 is 18.6 Å². The summed E-state index contributed by atoms with van der Waals surface area (Å²) in [5.41, 5.74) is 0. The second kappa shape index (κ2) is 4.42. The molecule has 1 N–H and O–H groups in total. The highest BCUT2D eigenvalue weighted by molar-refractivity contribution is 8.50. The highest BCUT2D eigenvalue weighted by Crippen LogP contribution is 2.42. The summed E-state index contributed by atoms with van der Waals surface area (Å²) in [5.74, 6) is 0. The molecule has 0 saturated heterocycles. The van der Waals surface area contributed by atoms with Gasteiger partial charge in [0.15, 0.2) is 0 Å². The SMILES string of the molecule is O=[PH](O)SC1CCCCC1. The zero-order chi connectivity index (χ0) is 7.40. The van der Waals surface area contributed by atoms with Gasteiger partial charge in [-0.1, -0.05) is 30.6 Å². The molecule has 0 aliphatic heterocycles. The van der Waals surface area contributed by atoms with Gasteiger partial charge >= 0.3 is 0 Å². The maximum absolute atomic E-state index is 10.4. The first-order valence-electron chi connectivity index (χ1n) is 3.68. The fraction of sp³-hybridized carbons (Fsp3) is 1.00. The molecule has 1 fully saturated rings. The molecule has 4 heteroatoms. The van der Waals surface area contributed by atoms with E-state index < -0.39 is 7.23 Å². The third kappa shape index (κ3) is 3.09. The quantitative estimate of drug-likeness (QED) is 0.663. The molecule has 1 unspecified atom stereocenters. The van der Waals surface area contributed by atoms with Crippen molar-refractivity contribution >= 4 is 18.6 Å². The van der Waals surface area contributed by atoms with Crippen LogP contribution in [0.15, 0.2) is 0 Å². The van der Waals surface area contributed by atoms with Gasteiger partial charge in [0.2, 0.25) is 7.23 Å². The zero-order valence-corrected chi connectivity index (χ0v) is 7.69. The Morgan fingerprint density at radius 3 is 2.40 bits per heavy atom. The Kier molecular flexibility index (Phi) is 3.82. The summed E-state index contributed by atoms with van der Waals surface area (Å²) in [6, 6.07) is 0. The summed E-state index contributed by atoms with van der Waals surface area (Å²) in [6.45, 7) is 0. The summed E-state index contributed by atoms with van der Waals surface area (Å²) in [5, 5.41) is 0.477. The van der Waals surface area contributed by atoms with Gasteiger partial charge in [-0.2, -0.15) is 0 Å². The van der Waals surface area contributed by atoms with E-state index in [9.17, 15) is 4.57 Å². The van der Waals surface area contributed by atoms with Gasteiger partial charge in [-0.3, -0.25) is 4.57 Å². The molecule has 0 bridgehead atoms. The third-order valence-electron chi connectivity index (χ3n) is 1.82. The third-order valence-corrected chi connectivity index (χ3v) is 4.43. The number of hydrogen-bond donors (Lipinski definition) is 1. The molecule has 0 amide bonds.